The van der Waals surface area contributed by atoms with Gasteiger partial charge in [-0.3, -0.25) is 0 Å². The zero-order valence-electron chi connectivity index (χ0n) is 18.9. The molecular weight excluding hydrogens is 381 g/mol. The van der Waals surface area contributed by atoms with Crippen LogP contribution < -0.4 is 5.46 Å². The van der Waals surface area contributed by atoms with Crippen LogP contribution in [0.15, 0.2) is 12.1 Å². The third-order valence-electron chi connectivity index (χ3n) is 7.08. The van der Waals surface area contributed by atoms with Crippen LogP contribution in [0.3, 0.4) is 0 Å². The lowest BCUT2D eigenvalue weighted by Crippen LogP contribution is -2.46. The lowest BCUT2D eigenvalue weighted by atomic mass is 9.73. The smallest absolute Gasteiger partial charge is 0.407 e. The van der Waals surface area contributed by atoms with Crippen molar-refractivity contribution in [2.24, 2.45) is 11.8 Å². The van der Waals surface area contributed by atoms with E-state index in [9.17, 15) is 8.78 Å². The van der Waals surface area contributed by atoms with Crippen molar-refractivity contribution in [1.82, 2.24) is 0 Å². The fourth-order valence-electron chi connectivity index (χ4n) is 5.09. The Bertz CT molecular complexity index is 583. The van der Waals surface area contributed by atoms with Gasteiger partial charge in [-0.05, 0) is 49.5 Å². The number of benzene rings is 1. The van der Waals surface area contributed by atoms with E-state index in [1.807, 2.05) is 0 Å². The molecule has 0 unspecified atom stereocenters. The molecule has 168 valence electrons. The average molecular weight is 420 g/mol. The SMILES string of the molecule is CCCCCC1CCC(c2ccc(B3OCC(CCCCC)CO3)c(F)c2F)CC1. The minimum atomic E-state index is -0.787. The monoisotopic (exact) mass is 420 g/mol. The molecule has 0 N–H and O–H groups in total. The Morgan fingerprint density at radius 3 is 2.00 bits per heavy atom. The van der Waals surface area contributed by atoms with E-state index in [1.54, 1.807) is 12.1 Å². The maximum atomic E-state index is 14.9. The molecule has 3 rings (SSSR count). The minimum Gasteiger partial charge on any atom is -0.407 e. The first-order chi connectivity index (χ1) is 14.6. The van der Waals surface area contributed by atoms with E-state index in [1.165, 1.54) is 38.5 Å². The maximum Gasteiger partial charge on any atom is 0.497 e. The fraction of sp³-hybridized carbons (Fsp3) is 0.760. The van der Waals surface area contributed by atoms with Crippen LogP contribution in [0.1, 0.15) is 102 Å². The van der Waals surface area contributed by atoms with Crippen LogP contribution in [0.5, 0.6) is 0 Å². The van der Waals surface area contributed by atoms with Crippen LogP contribution in [0, 0.1) is 23.5 Å². The molecule has 1 saturated heterocycles. The molecule has 5 heteroatoms. The predicted molar refractivity (Wildman–Crippen MR) is 120 cm³/mol. The van der Waals surface area contributed by atoms with Gasteiger partial charge in [0.1, 0.15) is 0 Å². The minimum absolute atomic E-state index is 0.132. The van der Waals surface area contributed by atoms with Crippen LogP contribution in [-0.4, -0.2) is 20.3 Å². The van der Waals surface area contributed by atoms with Crippen molar-refractivity contribution >= 4 is 12.6 Å². The highest BCUT2D eigenvalue weighted by atomic mass is 19.2. The van der Waals surface area contributed by atoms with E-state index in [0.29, 0.717) is 24.7 Å². The molecule has 1 aromatic rings. The van der Waals surface area contributed by atoms with Crippen molar-refractivity contribution in [2.45, 2.75) is 96.8 Å². The standard InChI is InChI=1S/C25H39BF2O2/c1-3-5-7-9-19-11-13-21(14-12-19)22-15-16-23(25(28)24(22)27)26-29-17-20(18-30-26)10-8-6-4-2/h15-16,19-21H,3-14,17-18H2,1-2H3. The maximum absolute atomic E-state index is 14.9. The van der Waals surface area contributed by atoms with Gasteiger partial charge in [0.25, 0.3) is 0 Å². The molecule has 2 fully saturated rings. The van der Waals surface area contributed by atoms with Crippen LogP contribution in [-0.2, 0) is 9.31 Å². The molecular formula is C25H39BF2O2. The summed E-state index contributed by atoms with van der Waals surface area (Å²) in [6.07, 6.45) is 13.9. The van der Waals surface area contributed by atoms with Gasteiger partial charge in [-0.1, -0.05) is 70.9 Å². The molecule has 1 aliphatic heterocycles. The van der Waals surface area contributed by atoms with E-state index < -0.39 is 18.8 Å². The van der Waals surface area contributed by atoms with E-state index in [2.05, 4.69) is 13.8 Å². The van der Waals surface area contributed by atoms with Gasteiger partial charge in [0, 0.05) is 24.6 Å². The van der Waals surface area contributed by atoms with E-state index in [-0.39, 0.29) is 11.4 Å². The molecule has 0 radical (unpaired) electrons. The van der Waals surface area contributed by atoms with Crippen molar-refractivity contribution in [3.05, 3.63) is 29.3 Å². The summed E-state index contributed by atoms with van der Waals surface area (Å²) in [6, 6.07) is 3.46. The summed E-state index contributed by atoms with van der Waals surface area (Å²) in [4.78, 5) is 0. The van der Waals surface area contributed by atoms with Crippen molar-refractivity contribution < 1.29 is 18.1 Å². The molecule has 1 aromatic carbocycles. The van der Waals surface area contributed by atoms with Gasteiger partial charge in [-0.15, -0.1) is 0 Å². The Hall–Kier alpha value is -0.935. The Morgan fingerprint density at radius 1 is 0.800 bits per heavy atom. The second kappa shape index (κ2) is 12.2. The molecule has 30 heavy (non-hydrogen) atoms. The molecule has 0 spiro atoms. The Morgan fingerprint density at radius 2 is 1.40 bits per heavy atom. The molecule has 2 nitrogen and oxygen atoms in total. The predicted octanol–water partition coefficient (Wildman–Crippen LogP) is 6.76. The topological polar surface area (TPSA) is 18.5 Å². The summed E-state index contributed by atoms with van der Waals surface area (Å²) >= 11 is 0. The first-order valence-electron chi connectivity index (χ1n) is 12.3. The molecule has 1 saturated carbocycles. The summed E-state index contributed by atoms with van der Waals surface area (Å²) in [5.41, 5.74) is 0.744. The largest absolute Gasteiger partial charge is 0.497 e. The third-order valence-corrected chi connectivity index (χ3v) is 7.08. The highest BCUT2D eigenvalue weighted by Gasteiger charge is 2.34. The normalized spacial score (nSPS) is 23.1. The summed E-state index contributed by atoms with van der Waals surface area (Å²) in [5.74, 6) is -0.236. The van der Waals surface area contributed by atoms with Gasteiger partial charge in [-0.2, -0.15) is 0 Å². The fourth-order valence-corrected chi connectivity index (χ4v) is 5.09. The molecule has 2 aliphatic rings. The van der Waals surface area contributed by atoms with Crippen LogP contribution in [0.4, 0.5) is 8.78 Å². The Labute approximate surface area is 182 Å². The number of halogens is 2. The molecule has 1 aliphatic carbocycles. The number of rotatable bonds is 10. The first-order valence-corrected chi connectivity index (χ1v) is 12.3. The van der Waals surface area contributed by atoms with E-state index in [0.717, 1.165) is 44.4 Å². The Kier molecular flexibility index (Phi) is 9.64. The van der Waals surface area contributed by atoms with Crippen molar-refractivity contribution in [1.29, 1.82) is 0 Å². The van der Waals surface area contributed by atoms with Gasteiger partial charge in [0.2, 0.25) is 0 Å². The number of hydrogen-bond acceptors (Lipinski definition) is 2. The zero-order chi connectivity index (χ0) is 21.3. The third kappa shape index (κ3) is 6.29. The highest BCUT2D eigenvalue weighted by Crippen LogP contribution is 2.38. The summed E-state index contributed by atoms with van der Waals surface area (Å²) in [5, 5.41) is 0. The molecule has 0 atom stereocenters. The molecule has 0 aromatic heterocycles. The first kappa shape index (κ1) is 23.7. The van der Waals surface area contributed by atoms with Gasteiger partial charge in [0.15, 0.2) is 11.6 Å². The summed E-state index contributed by atoms with van der Waals surface area (Å²) in [7, 11) is -0.787. The van der Waals surface area contributed by atoms with Crippen LogP contribution in [0.2, 0.25) is 0 Å². The van der Waals surface area contributed by atoms with Gasteiger partial charge in [0.05, 0.1) is 0 Å². The second-order valence-corrected chi connectivity index (χ2v) is 9.45. The van der Waals surface area contributed by atoms with Gasteiger partial charge >= 0.3 is 7.12 Å². The summed E-state index contributed by atoms with van der Waals surface area (Å²) < 4.78 is 41.4. The lowest BCUT2D eigenvalue weighted by Gasteiger charge is -2.30. The average Bonchev–Trinajstić information content (AvgIpc) is 2.77. The molecule has 0 amide bonds. The summed E-state index contributed by atoms with van der Waals surface area (Å²) in [6.45, 7) is 5.52. The second-order valence-electron chi connectivity index (χ2n) is 9.45. The van der Waals surface area contributed by atoms with Gasteiger partial charge < -0.3 is 9.31 Å². The van der Waals surface area contributed by atoms with Gasteiger partial charge in [-0.25, -0.2) is 8.78 Å². The highest BCUT2D eigenvalue weighted by molar-refractivity contribution is 6.61. The van der Waals surface area contributed by atoms with Crippen molar-refractivity contribution in [3.63, 3.8) is 0 Å². The quantitative estimate of drug-likeness (QED) is 0.308. The van der Waals surface area contributed by atoms with Crippen LogP contribution >= 0.6 is 0 Å². The number of hydrogen-bond donors (Lipinski definition) is 0. The zero-order valence-corrected chi connectivity index (χ0v) is 18.9. The molecule has 0 bridgehead atoms. The van der Waals surface area contributed by atoms with Crippen LogP contribution in [0.25, 0.3) is 0 Å². The van der Waals surface area contributed by atoms with E-state index >= 15 is 0 Å². The number of unbranched alkanes of at least 4 members (excludes halogenated alkanes) is 4. The van der Waals surface area contributed by atoms with Crippen molar-refractivity contribution in [2.75, 3.05) is 13.2 Å². The molecule has 1 heterocycles. The van der Waals surface area contributed by atoms with E-state index in [4.69, 9.17) is 9.31 Å². The lowest BCUT2D eigenvalue weighted by molar-refractivity contribution is 0.0806. The Balaban J connectivity index is 1.54. The van der Waals surface area contributed by atoms with Crippen molar-refractivity contribution in [3.8, 4) is 0 Å².